The van der Waals surface area contributed by atoms with Gasteiger partial charge in [0.1, 0.15) is 17.3 Å². The molecule has 0 aliphatic carbocycles. The van der Waals surface area contributed by atoms with E-state index in [4.69, 9.17) is 5.73 Å². The smallest absolute Gasteiger partial charge is 0.272 e. The summed E-state index contributed by atoms with van der Waals surface area (Å²) in [6.07, 6.45) is 0. The summed E-state index contributed by atoms with van der Waals surface area (Å²) in [7, 11) is 0. The van der Waals surface area contributed by atoms with Crippen molar-refractivity contribution in [2.75, 3.05) is 5.32 Å². The molecule has 0 atom stereocenters. The molecule has 21 heavy (non-hydrogen) atoms. The molecule has 6 nitrogen and oxygen atoms in total. The van der Waals surface area contributed by atoms with Crippen LogP contribution in [0.1, 0.15) is 20.8 Å². The minimum absolute atomic E-state index is 0.119. The predicted octanol–water partition coefficient (Wildman–Crippen LogP) is 1.00. The summed E-state index contributed by atoms with van der Waals surface area (Å²) in [5.74, 6) is -4.14. The number of rotatable bonds is 3. The molecule has 0 fully saturated rings. The average molecular weight is 293 g/mol. The summed E-state index contributed by atoms with van der Waals surface area (Å²) in [6, 6.07) is 5.05. The average Bonchev–Trinajstić information content (AvgIpc) is 2.41. The Morgan fingerprint density at radius 2 is 1.86 bits per heavy atom. The second-order valence-corrected chi connectivity index (χ2v) is 4.06. The summed E-state index contributed by atoms with van der Waals surface area (Å²) >= 11 is 0. The number of amides is 2. The van der Waals surface area contributed by atoms with Gasteiger partial charge in [0.25, 0.3) is 11.8 Å². The number of nitrogens with one attached hydrogen (secondary N) is 2. The van der Waals surface area contributed by atoms with Crippen LogP contribution in [0.4, 0.5) is 14.5 Å². The van der Waals surface area contributed by atoms with Gasteiger partial charge in [0.15, 0.2) is 0 Å². The van der Waals surface area contributed by atoms with Crippen molar-refractivity contribution < 1.29 is 18.4 Å². The van der Waals surface area contributed by atoms with Crippen LogP contribution >= 0.6 is 0 Å². The maximum atomic E-state index is 13.6. The molecule has 0 aliphatic rings. The number of nitrogens with two attached hydrogens (primary N) is 1. The lowest BCUT2D eigenvalue weighted by Crippen LogP contribution is -2.20. The lowest BCUT2D eigenvalue weighted by Gasteiger charge is -2.08. The zero-order chi connectivity index (χ0) is 15.6. The Morgan fingerprint density at radius 1 is 1.14 bits per heavy atom. The zero-order valence-electron chi connectivity index (χ0n) is 10.4. The first-order valence-electron chi connectivity index (χ1n) is 5.68. The molecule has 2 amide bonds. The van der Waals surface area contributed by atoms with E-state index in [1.54, 1.807) is 0 Å². The molecule has 108 valence electrons. The van der Waals surface area contributed by atoms with Crippen LogP contribution in [0.2, 0.25) is 0 Å². The van der Waals surface area contributed by atoms with Gasteiger partial charge in [0.05, 0.1) is 11.3 Å². The zero-order valence-corrected chi connectivity index (χ0v) is 10.4. The van der Waals surface area contributed by atoms with E-state index >= 15 is 0 Å². The van der Waals surface area contributed by atoms with Crippen LogP contribution in [0.15, 0.2) is 35.1 Å². The molecule has 0 aliphatic heterocycles. The number of halogens is 2. The number of H-pyrrole nitrogens is 1. The van der Waals surface area contributed by atoms with E-state index in [1.165, 1.54) is 18.2 Å². The molecule has 2 aromatic rings. The molecule has 0 bridgehead atoms. The van der Waals surface area contributed by atoms with Gasteiger partial charge in [-0.25, -0.2) is 8.78 Å². The van der Waals surface area contributed by atoms with Gasteiger partial charge in [-0.2, -0.15) is 0 Å². The SMILES string of the molecule is NC(=O)c1cc(NC(=O)c2cccc(=O)[nH]2)c(F)cc1F. The number of aromatic amines is 1. The fourth-order valence-corrected chi connectivity index (χ4v) is 1.60. The Morgan fingerprint density at radius 3 is 2.48 bits per heavy atom. The van der Waals surface area contributed by atoms with Crippen molar-refractivity contribution in [2.45, 2.75) is 0 Å². The molecule has 0 radical (unpaired) electrons. The maximum absolute atomic E-state index is 13.6. The van der Waals surface area contributed by atoms with E-state index in [0.29, 0.717) is 6.07 Å². The van der Waals surface area contributed by atoms with Gasteiger partial charge in [-0.05, 0) is 12.1 Å². The molecule has 0 saturated carbocycles. The molecule has 0 spiro atoms. The standard InChI is InChI=1S/C13H9F2N3O3/c14-7-5-8(15)10(4-6(7)12(16)20)18-13(21)9-2-1-3-11(19)17-9/h1-5H,(H2,16,20)(H,17,19)(H,18,21). The second kappa shape index (κ2) is 5.53. The quantitative estimate of drug-likeness (QED) is 0.786. The summed E-state index contributed by atoms with van der Waals surface area (Å²) < 4.78 is 26.9. The van der Waals surface area contributed by atoms with Crippen molar-refractivity contribution in [2.24, 2.45) is 5.73 Å². The van der Waals surface area contributed by atoms with Crippen LogP contribution in [-0.4, -0.2) is 16.8 Å². The molecular formula is C13H9F2N3O3. The van der Waals surface area contributed by atoms with Gasteiger partial charge in [-0.3, -0.25) is 14.4 Å². The Hall–Kier alpha value is -3.03. The number of hydrogen-bond donors (Lipinski definition) is 3. The Kier molecular flexibility index (Phi) is 3.79. The van der Waals surface area contributed by atoms with Crippen LogP contribution in [-0.2, 0) is 0 Å². The van der Waals surface area contributed by atoms with E-state index < -0.39 is 40.3 Å². The summed E-state index contributed by atoms with van der Waals surface area (Å²) in [5.41, 5.74) is 3.31. The third kappa shape index (κ3) is 3.11. The highest BCUT2D eigenvalue weighted by molar-refractivity contribution is 6.03. The Bertz CT molecular complexity index is 786. The number of carbonyl (C=O) groups is 2. The Balaban J connectivity index is 2.35. The fourth-order valence-electron chi connectivity index (χ4n) is 1.60. The van der Waals surface area contributed by atoms with Crippen LogP contribution in [0, 0.1) is 11.6 Å². The number of carbonyl (C=O) groups excluding carboxylic acids is 2. The topological polar surface area (TPSA) is 105 Å². The largest absolute Gasteiger partial charge is 0.366 e. The molecule has 0 unspecified atom stereocenters. The van der Waals surface area contributed by atoms with Crippen molar-refractivity contribution in [3.05, 3.63) is 63.6 Å². The number of primary amides is 1. The van der Waals surface area contributed by atoms with Crippen molar-refractivity contribution in [3.63, 3.8) is 0 Å². The van der Waals surface area contributed by atoms with Gasteiger partial charge >= 0.3 is 0 Å². The highest BCUT2D eigenvalue weighted by Gasteiger charge is 2.16. The van der Waals surface area contributed by atoms with Gasteiger partial charge in [0.2, 0.25) is 5.56 Å². The van der Waals surface area contributed by atoms with Gasteiger partial charge < -0.3 is 16.0 Å². The normalized spacial score (nSPS) is 10.2. The van der Waals surface area contributed by atoms with Gasteiger partial charge in [0, 0.05) is 12.1 Å². The highest BCUT2D eigenvalue weighted by atomic mass is 19.1. The van der Waals surface area contributed by atoms with Gasteiger partial charge in [-0.15, -0.1) is 0 Å². The molecule has 1 aromatic heterocycles. The van der Waals surface area contributed by atoms with E-state index in [0.717, 1.165) is 6.07 Å². The number of pyridine rings is 1. The minimum atomic E-state index is -1.13. The molecule has 4 N–H and O–H groups in total. The second-order valence-electron chi connectivity index (χ2n) is 4.06. The minimum Gasteiger partial charge on any atom is -0.366 e. The molecule has 8 heteroatoms. The summed E-state index contributed by atoms with van der Waals surface area (Å²) in [5, 5.41) is 2.12. The number of aromatic nitrogens is 1. The number of hydrogen-bond acceptors (Lipinski definition) is 3. The maximum Gasteiger partial charge on any atom is 0.272 e. The monoisotopic (exact) mass is 293 g/mol. The van der Waals surface area contributed by atoms with E-state index in [2.05, 4.69) is 10.3 Å². The lowest BCUT2D eigenvalue weighted by atomic mass is 10.1. The van der Waals surface area contributed by atoms with Crippen molar-refractivity contribution in [3.8, 4) is 0 Å². The summed E-state index contributed by atoms with van der Waals surface area (Å²) in [4.78, 5) is 36.1. The molecule has 0 saturated heterocycles. The van der Waals surface area contributed by atoms with Crippen molar-refractivity contribution in [1.29, 1.82) is 0 Å². The van der Waals surface area contributed by atoms with E-state index in [9.17, 15) is 23.2 Å². The first kappa shape index (κ1) is 14.4. The van der Waals surface area contributed by atoms with E-state index in [-0.39, 0.29) is 5.69 Å². The number of anilines is 1. The van der Waals surface area contributed by atoms with Crippen LogP contribution in [0.25, 0.3) is 0 Å². The predicted molar refractivity (Wildman–Crippen MR) is 69.9 cm³/mol. The molecule has 1 aromatic carbocycles. The molecule has 1 heterocycles. The van der Waals surface area contributed by atoms with Gasteiger partial charge in [-0.1, -0.05) is 6.07 Å². The third-order valence-electron chi connectivity index (χ3n) is 2.58. The Labute approximate surface area is 116 Å². The van der Waals surface area contributed by atoms with E-state index in [1.807, 2.05) is 0 Å². The molecular weight excluding hydrogens is 284 g/mol. The first-order valence-corrected chi connectivity index (χ1v) is 5.68. The van der Waals surface area contributed by atoms with Crippen LogP contribution < -0.4 is 16.6 Å². The number of benzene rings is 1. The van der Waals surface area contributed by atoms with Crippen molar-refractivity contribution >= 4 is 17.5 Å². The van der Waals surface area contributed by atoms with Crippen LogP contribution in [0.5, 0.6) is 0 Å². The van der Waals surface area contributed by atoms with Crippen molar-refractivity contribution in [1.82, 2.24) is 4.98 Å². The first-order chi connectivity index (χ1) is 9.88. The fraction of sp³-hybridized carbons (Fsp3) is 0. The summed E-state index contributed by atoms with van der Waals surface area (Å²) in [6.45, 7) is 0. The molecule has 2 rings (SSSR count). The third-order valence-corrected chi connectivity index (χ3v) is 2.58. The lowest BCUT2D eigenvalue weighted by molar-refractivity contribution is 0.0991. The van der Waals surface area contributed by atoms with Crippen LogP contribution in [0.3, 0.4) is 0 Å². The highest BCUT2D eigenvalue weighted by Crippen LogP contribution is 2.19.